The second kappa shape index (κ2) is 9.71. The van der Waals surface area contributed by atoms with Crippen molar-refractivity contribution in [3.05, 3.63) is 28.8 Å². The average molecular weight is 344 g/mol. The van der Waals surface area contributed by atoms with Crippen LogP contribution in [0.4, 0.5) is 5.69 Å². The van der Waals surface area contributed by atoms with Crippen LogP contribution >= 0.6 is 23.4 Å². The molecule has 0 spiro atoms. The Labute approximate surface area is 140 Å². The Hall–Kier alpha value is -1.24. The van der Waals surface area contributed by atoms with Gasteiger partial charge in [-0.15, -0.1) is 0 Å². The Morgan fingerprint density at radius 3 is 2.82 bits per heavy atom. The standard InChI is InChI=1S/C15H22ClN3O2S/c1-10-11(16)4-3-5-13(10)19-14(20)6-8-18-15(21)12(17)7-9-22-2/h3-5,12H,6-9,17H2,1-2H3,(H,18,21)(H,19,20)/t12-/m0/s1. The molecule has 0 aliphatic carbocycles. The number of amides is 2. The van der Waals surface area contributed by atoms with E-state index in [-0.39, 0.29) is 24.8 Å². The zero-order chi connectivity index (χ0) is 16.5. The molecule has 1 rings (SSSR count). The average Bonchev–Trinajstić information content (AvgIpc) is 2.49. The second-order valence-corrected chi connectivity index (χ2v) is 6.28. The number of anilines is 1. The van der Waals surface area contributed by atoms with Crippen molar-refractivity contribution >= 4 is 40.9 Å². The molecule has 0 radical (unpaired) electrons. The summed E-state index contributed by atoms with van der Waals surface area (Å²) in [5.74, 6) is 0.437. The molecule has 1 aromatic carbocycles. The van der Waals surface area contributed by atoms with E-state index in [1.54, 1.807) is 30.0 Å². The molecule has 22 heavy (non-hydrogen) atoms. The molecule has 0 heterocycles. The van der Waals surface area contributed by atoms with Crippen molar-refractivity contribution in [2.75, 3.05) is 23.9 Å². The highest BCUT2D eigenvalue weighted by Crippen LogP contribution is 2.22. The first-order valence-corrected chi connectivity index (χ1v) is 8.80. The fourth-order valence-electron chi connectivity index (χ4n) is 1.76. The van der Waals surface area contributed by atoms with E-state index in [0.29, 0.717) is 17.1 Å². The van der Waals surface area contributed by atoms with E-state index in [4.69, 9.17) is 17.3 Å². The number of carbonyl (C=O) groups is 2. The zero-order valence-corrected chi connectivity index (χ0v) is 14.4. The van der Waals surface area contributed by atoms with Crippen LogP contribution in [0.2, 0.25) is 5.02 Å². The lowest BCUT2D eigenvalue weighted by atomic mass is 10.2. The van der Waals surface area contributed by atoms with Crippen molar-refractivity contribution in [1.29, 1.82) is 0 Å². The van der Waals surface area contributed by atoms with Gasteiger partial charge in [0.15, 0.2) is 0 Å². The fraction of sp³-hybridized carbons (Fsp3) is 0.467. The van der Waals surface area contributed by atoms with E-state index in [2.05, 4.69) is 10.6 Å². The summed E-state index contributed by atoms with van der Waals surface area (Å²) in [7, 11) is 0. The largest absolute Gasteiger partial charge is 0.354 e. The third kappa shape index (κ3) is 6.25. The lowest BCUT2D eigenvalue weighted by Crippen LogP contribution is -2.41. The maximum atomic E-state index is 11.9. The molecule has 0 aliphatic rings. The monoisotopic (exact) mass is 343 g/mol. The first-order chi connectivity index (χ1) is 10.5. The van der Waals surface area contributed by atoms with E-state index in [0.717, 1.165) is 11.3 Å². The first kappa shape index (κ1) is 18.8. The summed E-state index contributed by atoms with van der Waals surface area (Å²) in [6.45, 7) is 2.10. The van der Waals surface area contributed by atoms with Crippen LogP contribution in [0.15, 0.2) is 18.2 Å². The highest BCUT2D eigenvalue weighted by atomic mass is 35.5. The van der Waals surface area contributed by atoms with Gasteiger partial charge in [-0.25, -0.2) is 0 Å². The predicted octanol–water partition coefficient (Wildman–Crippen LogP) is 2.17. The third-order valence-corrected chi connectivity index (χ3v) is 4.22. The van der Waals surface area contributed by atoms with Gasteiger partial charge in [-0.2, -0.15) is 11.8 Å². The Kier molecular flexibility index (Phi) is 8.30. The van der Waals surface area contributed by atoms with Gasteiger partial charge in [0.1, 0.15) is 0 Å². The van der Waals surface area contributed by atoms with Crippen LogP contribution in [0.1, 0.15) is 18.4 Å². The van der Waals surface area contributed by atoms with Gasteiger partial charge >= 0.3 is 0 Å². The molecule has 0 saturated heterocycles. The lowest BCUT2D eigenvalue weighted by Gasteiger charge is -2.12. The van der Waals surface area contributed by atoms with Crippen LogP contribution in [-0.4, -0.2) is 36.4 Å². The summed E-state index contributed by atoms with van der Waals surface area (Å²) in [6.07, 6.45) is 2.78. The molecule has 0 fully saturated rings. The molecule has 7 heteroatoms. The van der Waals surface area contributed by atoms with Crippen LogP contribution in [0, 0.1) is 6.92 Å². The molecule has 5 nitrogen and oxygen atoms in total. The van der Waals surface area contributed by atoms with Gasteiger partial charge in [-0.1, -0.05) is 17.7 Å². The SMILES string of the molecule is CSCC[C@H](N)C(=O)NCCC(=O)Nc1cccc(Cl)c1C. The van der Waals surface area contributed by atoms with Crippen molar-refractivity contribution < 1.29 is 9.59 Å². The number of thioether (sulfide) groups is 1. The molecular weight excluding hydrogens is 322 g/mol. The van der Waals surface area contributed by atoms with Crippen LogP contribution in [0.5, 0.6) is 0 Å². The lowest BCUT2D eigenvalue weighted by molar-refractivity contribution is -0.122. The molecule has 4 N–H and O–H groups in total. The van der Waals surface area contributed by atoms with Crippen molar-refractivity contribution in [3.63, 3.8) is 0 Å². The van der Waals surface area contributed by atoms with Gasteiger partial charge < -0.3 is 16.4 Å². The summed E-state index contributed by atoms with van der Waals surface area (Å²) in [4.78, 5) is 23.6. The van der Waals surface area contributed by atoms with Gasteiger partial charge in [0.25, 0.3) is 0 Å². The normalized spacial score (nSPS) is 11.8. The maximum Gasteiger partial charge on any atom is 0.236 e. The van der Waals surface area contributed by atoms with Crippen LogP contribution in [-0.2, 0) is 9.59 Å². The maximum absolute atomic E-state index is 11.9. The molecule has 1 aromatic rings. The van der Waals surface area contributed by atoms with Crippen LogP contribution < -0.4 is 16.4 Å². The van der Waals surface area contributed by atoms with Gasteiger partial charge in [0.2, 0.25) is 11.8 Å². The molecule has 0 unspecified atom stereocenters. The third-order valence-electron chi connectivity index (χ3n) is 3.16. The molecule has 0 aromatic heterocycles. The number of rotatable bonds is 8. The second-order valence-electron chi connectivity index (χ2n) is 4.89. The number of hydrogen-bond acceptors (Lipinski definition) is 4. The van der Waals surface area contributed by atoms with Crippen molar-refractivity contribution in [2.24, 2.45) is 5.73 Å². The molecule has 2 amide bonds. The van der Waals surface area contributed by atoms with Gasteiger partial charge in [-0.3, -0.25) is 9.59 Å². The topological polar surface area (TPSA) is 84.2 Å². The first-order valence-electron chi connectivity index (χ1n) is 7.03. The molecular formula is C15H22ClN3O2S. The van der Waals surface area contributed by atoms with Gasteiger partial charge in [0, 0.05) is 23.7 Å². The number of hydrogen-bond donors (Lipinski definition) is 3. The van der Waals surface area contributed by atoms with E-state index >= 15 is 0 Å². The van der Waals surface area contributed by atoms with Crippen molar-refractivity contribution in [2.45, 2.75) is 25.8 Å². The summed E-state index contributed by atoms with van der Waals surface area (Å²) < 4.78 is 0. The molecule has 122 valence electrons. The Morgan fingerprint density at radius 1 is 1.41 bits per heavy atom. The van der Waals surface area contributed by atoms with E-state index < -0.39 is 6.04 Å². The Morgan fingerprint density at radius 2 is 2.14 bits per heavy atom. The highest BCUT2D eigenvalue weighted by molar-refractivity contribution is 7.98. The van der Waals surface area contributed by atoms with Crippen LogP contribution in [0.3, 0.4) is 0 Å². The van der Waals surface area contributed by atoms with E-state index in [9.17, 15) is 9.59 Å². The highest BCUT2D eigenvalue weighted by Gasteiger charge is 2.13. The number of benzene rings is 1. The summed E-state index contributed by atoms with van der Waals surface area (Å²) in [5, 5.41) is 6.06. The quantitative estimate of drug-likeness (QED) is 0.675. The summed E-state index contributed by atoms with van der Waals surface area (Å²) in [5.41, 5.74) is 7.24. The minimum Gasteiger partial charge on any atom is -0.354 e. The Bertz CT molecular complexity index is 526. The van der Waals surface area contributed by atoms with Crippen molar-refractivity contribution in [3.8, 4) is 0 Å². The molecule has 0 aliphatic heterocycles. The Balaban J connectivity index is 2.34. The smallest absolute Gasteiger partial charge is 0.236 e. The molecule has 1 atom stereocenters. The van der Waals surface area contributed by atoms with Crippen molar-refractivity contribution in [1.82, 2.24) is 5.32 Å². The number of nitrogens with two attached hydrogens (primary N) is 1. The zero-order valence-electron chi connectivity index (χ0n) is 12.8. The van der Waals surface area contributed by atoms with Gasteiger partial charge in [0.05, 0.1) is 6.04 Å². The van der Waals surface area contributed by atoms with E-state index in [1.165, 1.54) is 0 Å². The van der Waals surface area contributed by atoms with E-state index in [1.807, 2.05) is 13.2 Å². The molecule has 0 saturated carbocycles. The van der Waals surface area contributed by atoms with Crippen LogP contribution in [0.25, 0.3) is 0 Å². The molecule has 0 bridgehead atoms. The number of halogens is 1. The number of nitrogens with one attached hydrogen (secondary N) is 2. The summed E-state index contributed by atoms with van der Waals surface area (Å²) >= 11 is 7.64. The van der Waals surface area contributed by atoms with Gasteiger partial charge in [-0.05, 0) is 43.0 Å². The fourth-order valence-corrected chi connectivity index (χ4v) is 2.43. The number of carbonyl (C=O) groups excluding carboxylic acids is 2. The minimum absolute atomic E-state index is 0.177. The summed E-state index contributed by atoms with van der Waals surface area (Å²) in [6, 6.07) is 4.81. The minimum atomic E-state index is -0.523. The predicted molar refractivity (Wildman–Crippen MR) is 93.4 cm³/mol.